The predicted octanol–water partition coefficient (Wildman–Crippen LogP) is 0.907. The van der Waals surface area contributed by atoms with Crippen LogP contribution in [-0.2, 0) is 11.3 Å². The molecular formula is C13H22N4O. The molecule has 1 aromatic heterocycles. The third kappa shape index (κ3) is 3.84. The SMILES string of the molecule is NC1CCCC(C(=O)NCCCn2cccn2)C1. The molecule has 3 N–H and O–H groups in total. The van der Waals surface area contributed by atoms with Gasteiger partial charge in [-0.2, -0.15) is 5.10 Å². The van der Waals surface area contributed by atoms with E-state index in [1.54, 1.807) is 6.20 Å². The van der Waals surface area contributed by atoms with E-state index in [2.05, 4.69) is 10.4 Å². The Kier molecular flexibility index (Phi) is 4.75. The maximum absolute atomic E-state index is 11.9. The zero-order chi connectivity index (χ0) is 12.8. The summed E-state index contributed by atoms with van der Waals surface area (Å²) in [5.41, 5.74) is 5.89. The summed E-state index contributed by atoms with van der Waals surface area (Å²) in [5, 5.41) is 7.12. The molecule has 0 aromatic carbocycles. The first-order chi connectivity index (χ1) is 8.75. The van der Waals surface area contributed by atoms with E-state index in [4.69, 9.17) is 5.73 Å². The average Bonchev–Trinajstić information content (AvgIpc) is 2.87. The average molecular weight is 250 g/mol. The van der Waals surface area contributed by atoms with Crippen LogP contribution in [0, 0.1) is 5.92 Å². The number of aryl methyl sites for hydroxylation is 1. The molecule has 2 atom stereocenters. The van der Waals surface area contributed by atoms with E-state index in [9.17, 15) is 4.79 Å². The summed E-state index contributed by atoms with van der Waals surface area (Å²) in [6, 6.07) is 2.11. The number of aromatic nitrogens is 2. The van der Waals surface area contributed by atoms with Crippen LogP contribution in [0.15, 0.2) is 18.5 Å². The van der Waals surface area contributed by atoms with Gasteiger partial charge in [0.2, 0.25) is 5.91 Å². The molecular weight excluding hydrogens is 228 g/mol. The van der Waals surface area contributed by atoms with Gasteiger partial charge < -0.3 is 11.1 Å². The zero-order valence-corrected chi connectivity index (χ0v) is 10.7. The Balaban J connectivity index is 1.62. The van der Waals surface area contributed by atoms with Crippen LogP contribution in [0.25, 0.3) is 0 Å². The number of nitrogens with one attached hydrogen (secondary N) is 1. The number of nitrogens with two attached hydrogens (primary N) is 1. The molecule has 0 saturated heterocycles. The molecule has 0 spiro atoms. The Morgan fingerprint density at radius 3 is 3.11 bits per heavy atom. The maximum Gasteiger partial charge on any atom is 0.223 e. The first-order valence-corrected chi connectivity index (χ1v) is 6.76. The van der Waals surface area contributed by atoms with E-state index in [0.29, 0.717) is 6.54 Å². The van der Waals surface area contributed by atoms with Gasteiger partial charge in [0.25, 0.3) is 0 Å². The van der Waals surface area contributed by atoms with Crippen molar-refractivity contribution >= 4 is 5.91 Å². The molecule has 1 aliphatic rings. The summed E-state index contributed by atoms with van der Waals surface area (Å²) >= 11 is 0. The van der Waals surface area contributed by atoms with Crippen LogP contribution in [0.2, 0.25) is 0 Å². The first kappa shape index (κ1) is 13.1. The Morgan fingerprint density at radius 2 is 2.39 bits per heavy atom. The van der Waals surface area contributed by atoms with Crippen LogP contribution in [0.5, 0.6) is 0 Å². The van der Waals surface area contributed by atoms with Gasteiger partial charge in [-0.1, -0.05) is 6.42 Å². The molecule has 1 amide bonds. The summed E-state index contributed by atoms with van der Waals surface area (Å²) in [6.45, 7) is 1.56. The lowest BCUT2D eigenvalue weighted by Gasteiger charge is -2.25. The van der Waals surface area contributed by atoms with Gasteiger partial charge in [0.05, 0.1) is 0 Å². The summed E-state index contributed by atoms with van der Waals surface area (Å²) in [7, 11) is 0. The van der Waals surface area contributed by atoms with Crippen molar-refractivity contribution in [3.63, 3.8) is 0 Å². The highest BCUT2D eigenvalue weighted by Gasteiger charge is 2.24. The fourth-order valence-electron chi connectivity index (χ4n) is 2.50. The van der Waals surface area contributed by atoms with Crippen molar-refractivity contribution in [2.75, 3.05) is 6.54 Å². The summed E-state index contributed by atoms with van der Waals surface area (Å²) in [6.07, 6.45) is 8.56. The monoisotopic (exact) mass is 250 g/mol. The van der Waals surface area contributed by atoms with Gasteiger partial charge in [-0.25, -0.2) is 0 Å². The molecule has 100 valence electrons. The Bertz CT molecular complexity index is 363. The molecule has 1 fully saturated rings. The number of carbonyl (C=O) groups excluding carboxylic acids is 1. The van der Waals surface area contributed by atoms with E-state index in [1.807, 2.05) is 16.9 Å². The molecule has 18 heavy (non-hydrogen) atoms. The van der Waals surface area contributed by atoms with Crippen molar-refractivity contribution in [3.8, 4) is 0 Å². The molecule has 2 unspecified atom stereocenters. The number of amides is 1. The van der Waals surface area contributed by atoms with Gasteiger partial charge in [-0.3, -0.25) is 9.48 Å². The maximum atomic E-state index is 11.9. The molecule has 1 saturated carbocycles. The van der Waals surface area contributed by atoms with E-state index >= 15 is 0 Å². The molecule has 0 bridgehead atoms. The van der Waals surface area contributed by atoms with Crippen molar-refractivity contribution < 1.29 is 4.79 Å². The normalized spacial score (nSPS) is 23.8. The fourth-order valence-corrected chi connectivity index (χ4v) is 2.50. The quantitative estimate of drug-likeness (QED) is 0.763. The molecule has 0 aliphatic heterocycles. The van der Waals surface area contributed by atoms with Crippen LogP contribution in [0.4, 0.5) is 0 Å². The highest BCUT2D eigenvalue weighted by molar-refractivity contribution is 5.78. The van der Waals surface area contributed by atoms with E-state index in [-0.39, 0.29) is 17.9 Å². The Hall–Kier alpha value is -1.36. The van der Waals surface area contributed by atoms with Crippen LogP contribution in [-0.4, -0.2) is 28.3 Å². The lowest BCUT2D eigenvalue weighted by Crippen LogP contribution is -2.38. The highest BCUT2D eigenvalue weighted by Crippen LogP contribution is 2.22. The number of rotatable bonds is 5. The molecule has 1 heterocycles. The summed E-state index contributed by atoms with van der Waals surface area (Å²) < 4.78 is 1.88. The van der Waals surface area contributed by atoms with Crippen molar-refractivity contribution in [1.29, 1.82) is 0 Å². The minimum Gasteiger partial charge on any atom is -0.356 e. The number of nitrogens with zero attached hydrogens (tertiary/aromatic N) is 2. The first-order valence-electron chi connectivity index (χ1n) is 6.76. The third-order valence-electron chi connectivity index (χ3n) is 3.51. The topological polar surface area (TPSA) is 72.9 Å². The fraction of sp³-hybridized carbons (Fsp3) is 0.692. The summed E-state index contributed by atoms with van der Waals surface area (Å²) in [5.74, 6) is 0.295. The number of hydrogen-bond acceptors (Lipinski definition) is 3. The van der Waals surface area contributed by atoms with E-state index in [0.717, 1.165) is 38.6 Å². The smallest absolute Gasteiger partial charge is 0.223 e. The second-order valence-corrected chi connectivity index (χ2v) is 5.04. The van der Waals surface area contributed by atoms with E-state index < -0.39 is 0 Å². The zero-order valence-electron chi connectivity index (χ0n) is 10.7. The molecule has 5 heteroatoms. The van der Waals surface area contributed by atoms with Crippen LogP contribution in [0.1, 0.15) is 32.1 Å². The largest absolute Gasteiger partial charge is 0.356 e. The highest BCUT2D eigenvalue weighted by atomic mass is 16.1. The Morgan fingerprint density at radius 1 is 1.50 bits per heavy atom. The third-order valence-corrected chi connectivity index (χ3v) is 3.51. The van der Waals surface area contributed by atoms with Crippen molar-refractivity contribution in [3.05, 3.63) is 18.5 Å². The predicted molar refractivity (Wildman–Crippen MR) is 69.8 cm³/mol. The minimum absolute atomic E-state index is 0.124. The van der Waals surface area contributed by atoms with Gasteiger partial charge in [0, 0.05) is 37.4 Å². The van der Waals surface area contributed by atoms with Crippen LogP contribution < -0.4 is 11.1 Å². The van der Waals surface area contributed by atoms with Gasteiger partial charge >= 0.3 is 0 Å². The molecule has 0 radical (unpaired) electrons. The van der Waals surface area contributed by atoms with Crippen LogP contribution >= 0.6 is 0 Å². The number of carbonyl (C=O) groups is 1. The number of hydrogen-bond donors (Lipinski definition) is 2. The molecule has 5 nitrogen and oxygen atoms in total. The molecule has 1 aliphatic carbocycles. The van der Waals surface area contributed by atoms with Crippen molar-refractivity contribution in [1.82, 2.24) is 15.1 Å². The van der Waals surface area contributed by atoms with Crippen molar-refractivity contribution in [2.45, 2.75) is 44.7 Å². The second-order valence-electron chi connectivity index (χ2n) is 5.04. The van der Waals surface area contributed by atoms with E-state index in [1.165, 1.54) is 0 Å². The Labute approximate surface area is 108 Å². The minimum atomic E-state index is 0.124. The van der Waals surface area contributed by atoms with Crippen LogP contribution in [0.3, 0.4) is 0 Å². The molecule has 1 aromatic rings. The summed E-state index contributed by atoms with van der Waals surface area (Å²) in [4.78, 5) is 11.9. The van der Waals surface area contributed by atoms with Gasteiger partial charge in [-0.15, -0.1) is 0 Å². The lowest BCUT2D eigenvalue weighted by molar-refractivity contribution is -0.126. The lowest BCUT2D eigenvalue weighted by atomic mass is 9.85. The standard InChI is InChI=1S/C13H22N4O/c14-12-5-1-4-11(10-12)13(18)15-6-2-8-17-9-3-7-16-17/h3,7,9,11-12H,1-2,4-6,8,10,14H2,(H,15,18). The van der Waals surface area contributed by atoms with Gasteiger partial charge in [0.1, 0.15) is 0 Å². The van der Waals surface area contributed by atoms with Crippen molar-refractivity contribution in [2.24, 2.45) is 11.7 Å². The van der Waals surface area contributed by atoms with Gasteiger partial charge in [-0.05, 0) is 31.7 Å². The molecule has 2 rings (SSSR count). The van der Waals surface area contributed by atoms with Gasteiger partial charge in [0.15, 0.2) is 0 Å². The second kappa shape index (κ2) is 6.54.